The number of nitrogens with zero attached hydrogens (tertiary/aromatic N) is 1. The maximum atomic E-state index is 12.1. The van der Waals surface area contributed by atoms with Crippen LogP contribution in [0.1, 0.15) is 24.4 Å². The summed E-state index contributed by atoms with van der Waals surface area (Å²) in [5.74, 6) is -0.258. The summed E-state index contributed by atoms with van der Waals surface area (Å²) < 4.78 is 9.04. The molecule has 1 amide bonds. The first-order chi connectivity index (χ1) is 9.77. The van der Waals surface area contributed by atoms with E-state index in [-0.39, 0.29) is 18.0 Å². The van der Waals surface area contributed by atoms with Gasteiger partial charge in [0.15, 0.2) is 5.76 Å². The first-order valence-corrected chi connectivity index (χ1v) is 7.71. The van der Waals surface area contributed by atoms with Crippen LogP contribution in [0, 0.1) is 0 Å². The maximum Gasteiger partial charge on any atom is 0.288 e. The molecule has 21 heavy (non-hydrogen) atoms. The number of nitrogens with one attached hydrogen (secondary N) is 1. The third-order valence-electron chi connectivity index (χ3n) is 3.14. The molecule has 1 aromatic heterocycles. The lowest BCUT2D eigenvalue weighted by molar-refractivity contribution is -0.0827. The molecule has 118 valence electrons. The Morgan fingerprint density at radius 1 is 1.38 bits per heavy atom. The van der Waals surface area contributed by atoms with Crippen LogP contribution >= 0.6 is 34.8 Å². The molecule has 0 radical (unpaired) electrons. The average molecular weight is 356 g/mol. The normalized spacial score (nSPS) is 25.6. The summed E-state index contributed by atoms with van der Waals surface area (Å²) in [7, 11) is 0. The van der Waals surface area contributed by atoms with Gasteiger partial charge in [-0.25, -0.2) is 0 Å². The number of hydrogen-bond donors (Lipinski definition) is 1. The van der Waals surface area contributed by atoms with E-state index in [1.807, 2.05) is 18.7 Å². The van der Waals surface area contributed by atoms with Crippen molar-refractivity contribution >= 4 is 40.7 Å². The van der Waals surface area contributed by atoms with E-state index in [4.69, 9.17) is 44.0 Å². The third-order valence-corrected chi connectivity index (χ3v) is 3.76. The Hall–Kier alpha value is -0.460. The number of halogens is 3. The van der Waals surface area contributed by atoms with Gasteiger partial charge in [-0.15, -0.1) is 0 Å². The summed E-state index contributed by atoms with van der Waals surface area (Å²) in [5.41, 5.74) is 0. The molecule has 1 N–H and O–H groups in total. The molecule has 0 aliphatic carbocycles. The second-order valence-electron chi connectivity index (χ2n) is 5.11. The van der Waals surface area contributed by atoms with Crippen molar-refractivity contribution in [1.82, 2.24) is 10.2 Å². The number of morpholine rings is 1. The van der Waals surface area contributed by atoms with Crippen LogP contribution in [0.15, 0.2) is 22.8 Å². The molecule has 2 heterocycles. The van der Waals surface area contributed by atoms with Crippen molar-refractivity contribution < 1.29 is 13.9 Å². The predicted molar refractivity (Wildman–Crippen MR) is 81.8 cm³/mol. The highest BCUT2D eigenvalue weighted by Gasteiger charge is 2.41. The van der Waals surface area contributed by atoms with E-state index in [1.54, 1.807) is 12.1 Å². The van der Waals surface area contributed by atoms with Crippen LogP contribution in [-0.4, -0.2) is 46.1 Å². The fourth-order valence-corrected chi connectivity index (χ4v) is 2.99. The van der Waals surface area contributed by atoms with Crippen molar-refractivity contribution in [3.8, 4) is 0 Å². The predicted octanol–water partition coefficient (Wildman–Crippen LogP) is 2.81. The molecule has 5 nitrogen and oxygen atoms in total. The smallest absolute Gasteiger partial charge is 0.288 e. The van der Waals surface area contributed by atoms with Crippen LogP contribution in [0.5, 0.6) is 0 Å². The Labute approximate surface area is 138 Å². The zero-order valence-electron chi connectivity index (χ0n) is 11.7. The number of alkyl halides is 3. The molecular weight excluding hydrogens is 339 g/mol. The molecule has 1 aromatic rings. The largest absolute Gasteiger partial charge is 0.459 e. The van der Waals surface area contributed by atoms with Gasteiger partial charge in [0, 0.05) is 13.1 Å². The fraction of sp³-hybridized carbons (Fsp3) is 0.615. The first-order valence-electron chi connectivity index (χ1n) is 6.58. The van der Waals surface area contributed by atoms with E-state index in [2.05, 4.69) is 5.32 Å². The van der Waals surface area contributed by atoms with E-state index >= 15 is 0 Å². The first kappa shape index (κ1) is 16.9. The molecule has 0 bridgehead atoms. The lowest BCUT2D eigenvalue weighted by Crippen LogP contribution is -2.60. The molecule has 0 spiro atoms. The van der Waals surface area contributed by atoms with Gasteiger partial charge in [-0.3, -0.25) is 9.69 Å². The highest BCUT2D eigenvalue weighted by Crippen LogP contribution is 2.33. The van der Waals surface area contributed by atoms with Gasteiger partial charge >= 0.3 is 0 Å². The molecule has 3 atom stereocenters. The summed E-state index contributed by atoms with van der Waals surface area (Å²) in [6, 6.07) is 3.17. The van der Waals surface area contributed by atoms with Crippen molar-refractivity contribution in [2.75, 3.05) is 13.1 Å². The van der Waals surface area contributed by atoms with Crippen LogP contribution < -0.4 is 5.32 Å². The maximum absolute atomic E-state index is 12.1. The van der Waals surface area contributed by atoms with Gasteiger partial charge in [-0.05, 0) is 26.0 Å². The Balaban J connectivity index is 2.13. The zero-order chi connectivity index (χ0) is 15.6. The lowest BCUT2D eigenvalue weighted by Gasteiger charge is -2.42. The van der Waals surface area contributed by atoms with Gasteiger partial charge in [-0.2, -0.15) is 0 Å². The van der Waals surface area contributed by atoms with E-state index in [1.165, 1.54) is 6.26 Å². The molecule has 0 aromatic carbocycles. The summed E-state index contributed by atoms with van der Waals surface area (Å²) in [5, 5.41) is 2.71. The van der Waals surface area contributed by atoms with Crippen LogP contribution in [0.2, 0.25) is 0 Å². The Bertz CT molecular complexity index is 466. The van der Waals surface area contributed by atoms with Crippen LogP contribution in [0.4, 0.5) is 0 Å². The number of hydrogen-bond acceptors (Lipinski definition) is 4. The number of ether oxygens (including phenoxy) is 1. The minimum atomic E-state index is -1.67. The summed E-state index contributed by atoms with van der Waals surface area (Å²) in [6.45, 7) is 4.99. The summed E-state index contributed by atoms with van der Waals surface area (Å²) >= 11 is 18.1. The fourth-order valence-electron chi connectivity index (χ4n) is 2.41. The summed E-state index contributed by atoms with van der Waals surface area (Å²) in [6.07, 6.45) is 0.625. The van der Waals surface area contributed by atoms with Gasteiger partial charge in [0.05, 0.1) is 18.5 Å². The minimum absolute atomic E-state index is 0.0101. The number of amides is 1. The van der Waals surface area contributed by atoms with Gasteiger partial charge in [0.1, 0.15) is 6.17 Å². The molecule has 0 saturated carbocycles. The molecule has 0 unspecified atom stereocenters. The molecule has 1 aliphatic rings. The highest BCUT2D eigenvalue weighted by atomic mass is 35.6. The quantitative estimate of drug-likeness (QED) is 0.847. The Morgan fingerprint density at radius 3 is 2.48 bits per heavy atom. The summed E-state index contributed by atoms with van der Waals surface area (Å²) in [4.78, 5) is 14.0. The van der Waals surface area contributed by atoms with Crippen molar-refractivity contribution in [2.24, 2.45) is 0 Å². The zero-order valence-corrected chi connectivity index (χ0v) is 14.0. The van der Waals surface area contributed by atoms with Crippen molar-refractivity contribution in [1.29, 1.82) is 0 Å². The van der Waals surface area contributed by atoms with Crippen LogP contribution in [-0.2, 0) is 4.74 Å². The molecule has 1 fully saturated rings. The lowest BCUT2D eigenvalue weighted by atomic mass is 10.2. The van der Waals surface area contributed by atoms with E-state index < -0.39 is 15.9 Å². The van der Waals surface area contributed by atoms with Gasteiger partial charge in [-0.1, -0.05) is 34.8 Å². The second kappa shape index (κ2) is 6.75. The monoisotopic (exact) mass is 354 g/mol. The van der Waals surface area contributed by atoms with Crippen molar-refractivity contribution in [2.45, 2.75) is 36.0 Å². The van der Waals surface area contributed by atoms with E-state index in [9.17, 15) is 4.79 Å². The molecule has 2 rings (SSSR count). The number of rotatable bonds is 3. The minimum Gasteiger partial charge on any atom is -0.459 e. The van der Waals surface area contributed by atoms with Crippen molar-refractivity contribution in [3.63, 3.8) is 0 Å². The Kier molecular flexibility index (Phi) is 5.43. The van der Waals surface area contributed by atoms with Gasteiger partial charge in [0.25, 0.3) is 5.91 Å². The standard InChI is InChI=1S/C13H17Cl3N2O3/c1-8-6-18(7-9(2)21-8)12(13(14,15)16)17-11(19)10-4-3-5-20-10/h3-5,8-9,12H,6-7H2,1-2H3,(H,17,19)/t8-,9-,12-/m0/s1. The topological polar surface area (TPSA) is 54.7 Å². The molecule has 1 saturated heterocycles. The molecule has 1 aliphatic heterocycles. The molecule has 8 heteroatoms. The van der Waals surface area contributed by atoms with Gasteiger partial charge in [0.2, 0.25) is 3.79 Å². The second-order valence-corrected chi connectivity index (χ2v) is 7.48. The van der Waals surface area contributed by atoms with Crippen LogP contribution in [0.25, 0.3) is 0 Å². The molecular formula is C13H17Cl3N2O3. The highest BCUT2D eigenvalue weighted by molar-refractivity contribution is 6.68. The van der Waals surface area contributed by atoms with E-state index in [0.717, 1.165) is 0 Å². The SMILES string of the molecule is C[C@H]1CN([C@H](NC(=O)c2ccco2)C(Cl)(Cl)Cl)C[C@H](C)O1. The van der Waals surface area contributed by atoms with Crippen LogP contribution in [0.3, 0.4) is 0 Å². The van der Waals surface area contributed by atoms with Crippen molar-refractivity contribution in [3.05, 3.63) is 24.2 Å². The number of furan rings is 1. The van der Waals surface area contributed by atoms with Gasteiger partial charge < -0.3 is 14.5 Å². The third kappa shape index (κ3) is 4.50. The Morgan fingerprint density at radius 2 is 2.00 bits per heavy atom. The number of carbonyl (C=O) groups is 1. The number of carbonyl (C=O) groups excluding carboxylic acids is 1. The van der Waals surface area contributed by atoms with E-state index in [0.29, 0.717) is 13.1 Å². The average Bonchev–Trinajstić information content (AvgIpc) is 2.86.